The minimum atomic E-state index is -4.98. The van der Waals surface area contributed by atoms with Gasteiger partial charge in [0, 0.05) is 25.7 Å². The maximum absolute atomic E-state index is 13.1. The lowest BCUT2D eigenvalue weighted by Crippen LogP contribution is -2.30. The fourth-order valence-corrected chi connectivity index (χ4v) is 11.6. The van der Waals surface area contributed by atoms with Gasteiger partial charge in [0.05, 0.1) is 26.4 Å². The number of rotatable bonds is 72. The highest BCUT2D eigenvalue weighted by molar-refractivity contribution is 7.47. The fourth-order valence-electron chi connectivity index (χ4n) is 9.99. The van der Waals surface area contributed by atoms with E-state index in [0.717, 1.165) is 205 Å². The molecule has 0 aromatic carbocycles. The van der Waals surface area contributed by atoms with E-state index in [1.54, 1.807) is 0 Å². The van der Waals surface area contributed by atoms with Crippen molar-refractivity contribution in [3.63, 3.8) is 0 Å². The molecule has 0 aliphatic heterocycles. The zero-order chi connectivity index (χ0) is 73.2. The second-order valence-corrected chi connectivity index (χ2v) is 28.4. The van der Waals surface area contributed by atoms with Crippen LogP contribution in [0.25, 0.3) is 0 Å². The number of aliphatic hydroxyl groups excluding tert-OH is 1. The lowest BCUT2D eigenvalue weighted by Gasteiger charge is -2.21. The van der Waals surface area contributed by atoms with Crippen molar-refractivity contribution in [1.29, 1.82) is 0 Å². The molecular formula is C81H138O17P2. The van der Waals surface area contributed by atoms with Crippen LogP contribution in [0.15, 0.2) is 122 Å². The van der Waals surface area contributed by atoms with E-state index in [9.17, 15) is 43.2 Å². The molecule has 0 saturated heterocycles. The Hall–Kier alpha value is -4.54. The molecule has 0 bridgehead atoms. The summed E-state index contributed by atoms with van der Waals surface area (Å²) in [4.78, 5) is 72.8. The van der Waals surface area contributed by atoms with Crippen LogP contribution in [0.3, 0.4) is 0 Å². The molecule has 0 spiro atoms. The third-order valence-electron chi connectivity index (χ3n) is 15.9. The van der Waals surface area contributed by atoms with Crippen LogP contribution in [-0.4, -0.2) is 96.7 Å². The second-order valence-electron chi connectivity index (χ2n) is 25.5. The SMILES string of the molecule is CC/C=C\C/C=C\C/C=C\C/C=C\CCCCCCCCC(=O)OCC(COP(=O)(O)OCC(O)COP(=O)(O)OCC(COC(=O)CCCCCCCC/C=C\C/C=C\C/C=C\C/C=C\CC)OC(=O)CCCCCCC/C=C\CCCC)OC(=O)CCCCCCC/C=C\CCCC. The molecule has 0 aliphatic rings. The molecule has 19 heteroatoms. The summed E-state index contributed by atoms with van der Waals surface area (Å²) in [5.41, 5.74) is 0. The first kappa shape index (κ1) is 95.5. The Morgan fingerprint density at radius 1 is 0.290 bits per heavy atom. The summed E-state index contributed by atoms with van der Waals surface area (Å²) in [6.07, 6.45) is 79.1. The highest BCUT2D eigenvalue weighted by atomic mass is 31.2. The van der Waals surface area contributed by atoms with Crippen LogP contribution in [0.5, 0.6) is 0 Å². The Bertz CT molecular complexity index is 2210. The monoisotopic (exact) mass is 1440 g/mol. The van der Waals surface area contributed by atoms with Gasteiger partial charge in [-0.3, -0.25) is 37.3 Å². The third-order valence-corrected chi connectivity index (χ3v) is 17.8. The Morgan fingerprint density at radius 3 is 0.810 bits per heavy atom. The molecule has 0 aliphatic carbocycles. The predicted octanol–water partition coefficient (Wildman–Crippen LogP) is 22.3. The van der Waals surface area contributed by atoms with Gasteiger partial charge in [0.2, 0.25) is 0 Å². The molecule has 0 radical (unpaired) electrons. The van der Waals surface area contributed by atoms with Crippen LogP contribution < -0.4 is 0 Å². The maximum atomic E-state index is 13.1. The Balaban J connectivity index is 5.29. The van der Waals surface area contributed by atoms with Gasteiger partial charge in [0.1, 0.15) is 19.3 Å². The van der Waals surface area contributed by atoms with Gasteiger partial charge in [-0.05, 0) is 141 Å². The number of phosphoric acid groups is 2. The number of carbonyl (C=O) groups excluding carboxylic acids is 4. The van der Waals surface area contributed by atoms with E-state index in [1.165, 1.54) is 25.7 Å². The number of carbonyl (C=O) groups is 4. The minimum Gasteiger partial charge on any atom is -0.462 e. The van der Waals surface area contributed by atoms with Crippen LogP contribution >= 0.6 is 15.6 Å². The van der Waals surface area contributed by atoms with Crippen molar-refractivity contribution in [2.75, 3.05) is 39.6 Å². The fraction of sp³-hybridized carbons (Fsp3) is 0.704. The Morgan fingerprint density at radius 2 is 0.520 bits per heavy atom. The standard InChI is InChI=1S/C81H138O17P2/c1-5-9-13-17-21-25-29-31-33-35-37-39-41-43-47-49-53-57-61-65-78(83)91-71-76(97-80(85)67-63-59-55-51-45-27-23-19-15-11-7-3)73-95-99(87,88)93-69-75(82)70-94-100(89,90)96-74-77(98-81(86)68-64-60-56-52-46-28-24-20-16-12-8-4)72-92-79(84)66-62-58-54-50-48-44-42-40-38-36-34-32-30-26-22-18-14-10-6-2/h9-10,13-14,19-26,31-34,37-40,75-77,82H,5-8,11-12,15-18,27-30,35-36,41-74H2,1-4H3,(H,87,88)(H,89,90)/b13-9-,14-10-,23-19-,24-20-,25-21-,26-22-,33-31-,34-32-,39-37-,40-38-. The summed E-state index contributed by atoms with van der Waals surface area (Å²) in [5.74, 6) is -2.22. The number of hydrogen-bond acceptors (Lipinski definition) is 15. The van der Waals surface area contributed by atoms with Crippen molar-refractivity contribution in [2.45, 2.75) is 329 Å². The van der Waals surface area contributed by atoms with E-state index in [4.69, 9.17) is 37.0 Å². The zero-order valence-electron chi connectivity index (χ0n) is 62.6. The van der Waals surface area contributed by atoms with Gasteiger partial charge in [-0.2, -0.15) is 0 Å². The van der Waals surface area contributed by atoms with E-state index in [2.05, 4.69) is 149 Å². The lowest BCUT2D eigenvalue weighted by molar-refractivity contribution is -0.161. The summed E-state index contributed by atoms with van der Waals surface area (Å²) in [6.45, 7) is 4.52. The van der Waals surface area contributed by atoms with Crippen molar-refractivity contribution in [2.24, 2.45) is 0 Å². The summed E-state index contributed by atoms with van der Waals surface area (Å²) in [6, 6.07) is 0. The molecule has 4 atom stereocenters. The van der Waals surface area contributed by atoms with Gasteiger partial charge in [0.15, 0.2) is 12.2 Å². The van der Waals surface area contributed by atoms with Crippen molar-refractivity contribution in [3.05, 3.63) is 122 Å². The zero-order valence-corrected chi connectivity index (χ0v) is 64.4. The topological polar surface area (TPSA) is 237 Å². The average molecular weight is 1450 g/mol. The largest absolute Gasteiger partial charge is 0.472 e. The van der Waals surface area contributed by atoms with Crippen molar-refractivity contribution >= 4 is 39.5 Å². The molecular weight excluding hydrogens is 1310 g/mol. The first-order valence-electron chi connectivity index (χ1n) is 38.8. The number of esters is 4. The molecule has 0 aromatic heterocycles. The molecule has 100 heavy (non-hydrogen) atoms. The number of hydrogen-bond donors (Lipinski definition) is 3. The van der Waals surface area contributed by atoms with Crippen molar-refractivity contribution < 1.29 is 80.2 Å². The van der Waals surface area contributed by atoms with Gasteiger partial charge < -0.3 is 33.8 Å². The molecule has 0 fully saturated rings. The minimum absolute atomic E-state index is 0.0792. The maximum Gasteiger partial charge on any atom is 0.472 e. The van der Waals surface area contributed by atoms with Crippen LogP contribution in [0, 0.1) is 0 Å². The number of allylic oxidation sites excluding steroid dienone is 20. The summed E-state index contributed by atoms with van der Waals surface area (Å²) in [5, 5.41) is 10.6. The van der Waals surface area contributed by atoms with Crippen LogP contribution in [-0.2, 0) is 65.4 Å². The van der Waals surface area contributed by atoms with Gasteiger partial charge in [-0.25, -0.2) is 9.13 Å². The molecule has 0 saturated carbocycles. The molecule has 3 N–H and O–H groups in total. The van der Waals surface area contributed by atoms with Gasteiger partial charge >= 0.3 is 39.5 Å². The number of phosphoric ester groups is 2. The summed E-state index contributed by atoms with van der Waals surface area (Å²) >= 11 is 0. The summed E-state index contributed by atoms with van der Waals surface area (Å²) in [7, 11) is -9.96. The molecule has 0 aromatic rings. The first-order chi connectivity index (χ1) is 48.7. The molecule has 0 heterocycles. The van der Waals surface area contributed by atoms with E-state index >= 15 is 0 Å². The number of unbranched alkanes of at least 4 members (excludes halogenated alkanes) is 26. The van der Waals surface area contributed by atoms with Crippen molar-refractivity contribution in [1.82, 2.24) is 0 Å². The normalized spacial score (nSPS) is 14.6. The summed E-state index contributed by atoms with van der Waals surface area (Å²) < 4.78 is 68.4. The third kappa shape index (κ3) is 71.8. The van der Waals surface area contributed by atoms with Gasteiger partial charge in [-0.15, -0.1) is 0 Å². The highest BCUT2D eigenvalue weighted by Gasteiger charge is 2.30. The first-order valence-corrected chi connectivity index (χ1v) is 41.8. The van der Waals surface area contributed by atoms with Crippen LogP contribution in [0.1, 0.15) is 310 Å². The van der Waals surface area contributed by atoms with Crippen LogP contribution in [0.2, 0.25) is 0 Å². The molecule has 0 amide bonds. The number of ether oxygens (including phenoxy) is 4. The van der Waals surface area contributed by atoms with E-state index in [1.807, 2.05) is 0 Å². The quantitative estimate of drug-likeness (QED) is 0.0169. The molecule has 0 rings (SSSR count). The van der Waals surface area contributed by atoms with E-state index in [-0.39, 0.29) is 25.7 Å². The predicted molar refractivity (Wildman–Crippen MR) is 408 cm³/mol. The average Bonchev–Trinajstić information content (AvgIpc) is 0.953. The lowest BCUT2D eigenvalue weighted by atomic mass is 10.1. The van der Waals surface area contributed by atoms with Crippen LogP contribution in [0.4, 0.5) is 0 Å². The molecule has 574 valence electrons. The second kappa shape index (κ2) is 72.8. The van der Waals surface area contributed by atoms with Gasteiger partial charge in [0.25, 0.3) is 0 Å². The van der Waals surface area contributed by atoms with Crippen molar-refractivity contribution in [3.8, 4) is 0 Å². The van der Waals surface area contributed by atoms with E-state index in [0.29, 0.717) is 25.7 Å². The molecule has 4 unspecified atom stereocenters. The number of aliphatic hydroxyl groups is 1. The highest BCUT2D eigenvalue weighted by Crippen LogP contribution is 2.45. The Labute approximate surface area is 606 Å². The molecule has 17 nitrogen and oxygen atoms in total. The van der Waals surface area contributed by atoms with Gasteiger partial charge in [-0.1, -0.05) is 265 Å². The Kier molecular flexibility index (Phi) is 69.5. The smallest absolute Gasteiger partial charge is 0.462 e. The van der Waals surface area contributed by atoms with E-state index < -0.39 is 97.5 Å².